The van der Waals surface area contributed by atoms with Gasteiger partial charge in [-0.3, -0.25) is 0 Å². The number of ether oxygens (including phenoxy) is 1. The van der Waals surface area contributed by atoms with Crippen molar-refractivity contribution in [3.8, 4) is 5.75 Å². The van der Waals surface area contributed by atoms with Crippen LogP contribution in [0.1, 0.15) is 5.56 Å². The van der Waals surface area contributed by atoms with E-state index in [2.05, 4.69) is 4.84 Å². The van der Waals surface area contributed by atoms with Crippen LogP contribution >= 0.6 is 0 Å². The third kappa shape index (κ3) is 3.21. The lowest BCUT2D eigenvalue weighted by Gasteiger charge is -2.07. The molecular formula is C9H15N3O2. The molecule has 14 heavy (non-hydrogen) atoms. The van der Waals surface area contributed by atoms with Crippen molar-refractivity contribution in [3.05, 3.63) is 23.8 Å². The van der Waals surface area contributed by atoms with Crippen molar-refractivity contribution >= 4 is 5.69 Å². The second kappa shape index (κ2) is 5.43. The van der Waals surface area contributed by atoms with E-state index in [9.17, 15) is 0 Å². The molecule has 0 aliphatic heterocycles. The zero-order valence-corrected chi connectivity index (χ0v) is 7.90. The molecule has 1 rings (SSSR count). The molecule has 0 unspecified atom stereocenters. The molecule has 1 aromatic carbocycles. The molecule has 0 spiro atoms. The highest BCUT2D eigenvalue weighted by Gasteiger charge is 1.98. The Morgan fingerprint density at radius 2 is 1.93 bits per heavy atom. The van der Waals surface area contributed by atoms with Crippen LogP contribution in [-0.2, 0) is 11.4 Å². The van der Waals surface area contributed by atoms with Gasteiger partial charge in [0.2, 0.25) is 0 Å². The van der Waals surface area contributed by atoms with Crippen molar-refractivity contribution in [2.45, 2.75) is 6.54 Å². The molecule has 0 aliphatic carbocycles. The van der Waals surface area contributed by atoms with Crippen molar-refractivity contribution in [2.24, 2.45) is 11.6 Å². The molecule has 0 saturated carbocycles. The van der Waals surface area contributed by atoms with Crippen molar-refractivity contribution in [3.63, 3.8) is 0 Å². The van der Waals surface area contributed by atoms with Crippen LogP contribution in [0.5, 0.6) is 5.75 Å². The highest BCUT2D eigenvalue weighted by atomic mass is 16.6. The summed E-state index contributed by atoms with van der Waals surface area (Å²) in [6.45, 7) is 1.17. The van der Waals surface area contributed by atoms with Crippen LogP contribution < -0.4 is 22.1 Å². The molecule has 6 N–H and O–H groups in total. The van der Waals surface area contributed by atoms with E-state index in [1.807, 2.05) is 12.1 Å². The first-order valence-corrected chi connectivity index (χ1v) is 4.30. The maximum absolute atomic E-state index is 5.65. The molecule has 0 bridgehead atoms. The summed E-state index contributed by atoms with van der Waals surface area (Å²) in [5.74, 6) is 5.54. The van der Waals surface area contributed by atoms with Crippen LogP contribution in [-0.4, -0.2) is 13.2 Å². The first-order chi connectivity index (χ1) is 6.76. The topological polar surface area (TPSA) is 96.5 Å². The Balaban J connectivity index is 2.62. The molecule has 0 aromatic heterocycles. The zero-order chi connectivity index (χ0) is 10.4. The molecule has 0 fully saturated rings. The van der Waals surface area contributed by atoms with Gasteiger partial charge in [0.15, 0.2) is 0 Å². The monoisotopic (exact) mass is 197 g/mol. The summed E-state index contributed by atoms with van der Waals surface area (Å²) in [7, 11) is 0. The Morgan fingerprint density at radius 1 is 1.14 bits per heavy atom. The number of nitrogens with two attached hydrogens (primary N) is 3. The smallest absolute Gasteiger partial charge is 0.121 e. The lowest BCUT2D eigenvalue weighted by Crippen LogP contribution is -2.10. The fourth-order valence-corrected chi connectivity index (χ4v) is 1.09. The standard InChI is InChI=1S/C9H15N3O2/c10-6-7-3-8(11)5-9(4-7)13-1-2-14-12/h3-5H,1-2,6,10-12H2. The lowest BCUT2D eigenvalue weighted by molar-refractivity contribution is 0.102. The van der Waals surface area contributed by atoms with Gasteiger partial charge in [-0.1, -0.05) is 0 Å². The van der Waals surface area contributed by atoms with Gasteiger partial charge in [0.25, 0.3) is 0 Å². The fraction of sp³-hybridized carbons (Fsp3) is 0.333. The molecule has 0 heterocycles. The van der Waals surface area contributed by atoms with E-state index in [0.29, 0.717) is 31.2 Å². The molecule has 5 heteroatoms. The normalized spacial score (nSPS) is 10.1. The Hall–Kier alpha value is -1.30. The van der Waals surface area contributed by atoms with Gasteiger partial charge in [-0.05, 0) is 17.7 Å². The number of anilines is 1. The molecule has 78 valence electrons. The summed E-state index contributed by atoms with van der Waals surface area (Å²) in [6, 6.07) is 5.38. The van der Waals surface area contributed by atoms with Crippen LogP contribution in [0, 0.1) is 0 Å². The molecular weight excluding hydrogens is 182 g/mol. The highest BCUT2D eigenvalue weighted by Crippen LogP contribution is 2.18. The van der Waals surface area contributed by atoms with Gasteiger partial charge in [0, 0.05) is 18.3 Å². The number of rotatable bonds is 5. The second-order valence-electron chi connectivity index (χ2n) is 2.83. The van der Waals surface area contributed by atoms with E-state index < -0.39 is 0 Å². The number of nitrogen functional groups attached to an aromatic ring is 1. The van der Waals surface area contributed by atoms with E-state index >= 15 is 0 Å². The molecule has 1 aromatic rings. The summed E-state index contributed by atoms with van der Waals surface area (Å²) in [5.41, 5.74) is 12.7. The minimum absolute atomic E-state index is 0.340. The van der Waals surface area contributed by atoms with E-state index in [-0.39, 0.29) is 0 Å². The van der Waals surface area contributed by atoms with E-state index in [1.165, 1.54) is 0 Å². The summed E-state index contributed by atoms with van der Waals surface area (Å²) in [5, 5.41) is 0. The van der Waals surface area contributed by atoms with Crippen LogP contribution in [0.15, 0.2) is 18.2 Å². The van der Waals surface area contributed by atoms with Gasteiger partial charge in [-0.15, -0.1) is 0 Å². The quantitative estimate of drug-likeness (QED) is 0.350. The molecule has 0 saturated heterocycles. The minimum Gasteiger partial charge on any atom is -0.491 e. The summed E-state index contributed by atoms with van der Waals surface area (Å²) < 4.78 is 5.33. The van der Waals surface area contributed by atoms with Crippen LogP contribution in [0.25, 0.3) is 0 Å². The Morgan fingerprint density at radius 3 is 2.57 bits per heavy atom. The van der Waals surface area contributed by atoms with Crippen LogP contribution in [0.4, 0.5) is 5.69 Å². The average molecular weight is 197 g/mol. The van der Waals surface area contributed by atoms with Gasteiger partial charge in [-0.25, -0.2) is 5.90 Å². The van der Waals surface area contributed by atoms with E-state index in [4.69, 9.17) is 22.1 Å². The third-order valence-electron chi connectivity index (χ3n) is 1.69. The third-order valence-corrected chi connectivity index (χ3v) is 1.69. The fourth-order valence-electron chi connectivity index (χ4n) is 1.09. The summed E-state index contributed by atoms with van der Waals surface area (Å²) >= 11 is 0. The number of benzene rings is 1. The Kier molecular flexibility index (Phi) is 4.18. The Bertz CT molecular complexity index is 291. The molecule has 0 radical (unpaired) electrons. The number of hydrogen-bond donors (Lipinski definition) is 3. The van der Waals surface area contributed by atoms with Gasteiger partial charge >= 0.3 is 0 Å². The lowest BCUT2D eigenvalue weighted by atomic mass is 10.2. The van der Waals surface area contributed by atoms with Crippen LogP contribution in [0.3, 0.4) is 0 Å². The molecule has 0 amide bonds. The maximum Gasteiger partial charge on any atom is 0.121 e. The second-order valence-corrected chi connectivity index (χ2v) is 2.83. The van der Waals surface area contributed by atoms with Crippen molar-refractivity contribution < 1.29 is 9.57 Å². The van der Waals surface area contributed by atoms with Gasteiger partial charge < -0.3 is 21.0 Å². The van der Waals surface area contributed by atoms with Crippen molar-refractivity contribution in [1.29, 1.82) is 0 Å². The predicted molar refractivity (Wildman–Crippen MR) is 54.4 cm³/mol. The average Bonchev–Trinajstić information content (AvgIpc) is 2.17. The maximum atomic E-state index is 5.65. The molecule has 5 nitrogen and oxygen atoms in total. The summed E-state index contributed by atoms with van der Waals surface area (Å²) in [4.78, 5) is 4.37. The van der Waals surface area contributed by atoms with Crippen molar-refractivity contribution in [1.82, 2.24) is 0 Å². The number of hydrogen-bond acceptors (Lipinski definition) is 5. The van der Waals surface area contributed by atoms with Crippen LogP contribution in [0.2, 0.25) is 0 Å². The first kappa shape index (κ1) is 10.8. The van der Waals surface area contributed by atoms with Gasteiger partial charge in [0.05, 0.1) is 0 Å². The first-order valence-electron chi connectivity index (χ1n) is 4.30. The molecule has 0 atom stereocenters. The Labute approximate surface area is 82.7 Å². The van der Waals surface area contributed by atoms with Gasteiger partial charge in [-0.2, -0.15) is 0 Å². The van der Waals surface area contributed by atoms with Crippen molar-refractivity contribution in [2.75, 3.05) is 18.9 Å². The van der Waals surface area contributed by atoms with E-state index in [1.54, 1.807) is 6.07 Å². The zero-order valence-electron chi connectivity index (χ0n) is 7.90. The highest BCUT2D eigenvalue weighted by molar-refractivity contribution is 5.47. The largest absolute Gasteiger partial charge is 0.491 e. The molecule has 0 aliphatic rings. The summed E-state index contributed by atoms with van der Waals surface area (Å²) in [6.07, 6.45) is 0. The van der Waals surface area contributed by atoms with Gasteiger partial charge in [0.1, 0.15) is 19.0 Å². The van der Waals surface area contributed by atoms with E-state index in [0.717, 1.165) is 5.56 Å². The minimum atomic E-state index is 0.340. The predicted octanol–water partition coefficient (Wildman–Crippen LogP) is -0.00340. The SMILES string of the molecule is NCc1cc(N)cc(OCCON)c1.